The van der Waals surface area contributed by atoms with Crippen molar-refractivity contribution in [2.75, 3.05) is 43.6 Å². The summed E-state index contributed by atoms with van der Waals surface area (Å²) in [6, 6.07) is 16.8. The first-order valence-electron chi connectivity index (χ1n) is 17.1. The average molecular weight is 685 g/mol. The molecule has 4 aromatic rings. The summed E-state index contributed by atoms with van der Waals surface area (Å²) in [5, 5.41) is 5.54. The number of hydrogen-bond acceptors (Lipinski definition) is 10. The minimum Gasteiger partial charge on any atom is -0.480 e. The third-order valence-corrected chi connectivity index (χ3v) is 10.1. The van der Waals surface area contributed by atoms with Crippen molar-refractivity contribution < 1.29 is 32.9 Å². The monoisotopic (exact) mass is 684 g/mol. The van der Waals surface area contributed by atoms with E-state index < -0.39 is 6.09 Å². The lowest BCUT2D eigenvalue weighted by Gasteiger charge is -2.56. The molecule has 12 nitrogen and oxygen atoms in total. The van der Waals surface area contributed by atoms with Gasteiger partial charge in [0.15, 0.2) is 18.2 Å². The number of aryl methyl sites for hydroxylation is 1. The molecule has 0 spiro atoms. The Morgan fingerprint density at radius 2 is 1.90 bits per heavy atom. The number of aromatic nitrogens is 3. The predicted octanol–water partition coefficient (Wildman–Crippen LogP) is 5.73. The summed E-state index contributed by atoms with van der Waals surface area (Å²) in [7, 11) is 2.02. The highest BCUT2D eigenvalue weighted by atomic mass is 19.1. The smallest absolute Gasteiger partial charge is 0.407 e. The Morgan fingerprint density at radius 1 is 1.06 bits per heavy atom. The number of benzene rings is 1. The zero-order chi connectivity index (χ0) is 34.6. The van der Waals surface area contributed by atoms with Crippen LogP contribution in [0.1, 0.15) is 56.1 Å². The lowest BCUT2D eigenvalue weighted by atomic mass is 9.68. The third kappa shape index (κ3) is 7.28. The van der Waals surface area contributed by atoms with Gasteiger partial charge >= 0.3 is 6.09 Å². The quantitative estimate of drug-likeness (QED) is 0.168. The van der Waals surface area contributed by atoms with Crippen LogP contribution >= 0.6 is 0 Å². The summed E-state index contributed by atoms with van der Waals surface area (Å²) in [5.41, 5.74) is 1.99. The molecule has 8 rings (SSSR count). The summed E-state index contributed by atoms with van der Waals surface area (Å²) >= 11 is 0. The molecule has 2 N–H and O–H groups in total. The highest BCUT2D eigenvalue weighted by Crippen LogP contribution is 2.49. The summed E-state index contributed by atoms with van der Waals surface area (Å²) in [6.45, 7) is 1.60. The van der Waals surface area contributed by atoms with E-state index in [0.717, 1.165) is 37.1 Å². The third-order valence-electron chi connectivity index (χ3n) is 10.1. The van der Waals surface area contributed by atoms with Crippen LogP contribution in [0.4, 0.5) is 20.8 Å². The summed E-state index contributed by atoms with van der Waals surface area (Å²) in [4.78, 5) is 39.5. The van der Waals surface area contributed by atoms with Crippen molar-refractivity contribution in [3.63, 3.8) is 0 Å². The average Bonchev–Trinajstić information content (AvgIpc) is 3.15. The van der Waals surface area contributed by atoms with E-state index in [1.54, 1.807) is 12.1 Å². The highest BCUT2D eigenvalue weighted by Gasteiger charge is 2.52. The van der Waals surface area contributed by atoms with Crippen molar-refractivity contribution in [3.05, 3.63) is 77.7 Å². The number of fused-ring (bicyclic) bond motifs is 5. The number of hydrogen-bond donors (Lipinski definition) is 2. The number of carbonyl (C=O) groups excluding carboxylic acids is 2. The zero-order valence-electron chi connectivity index (χ0n) is 28.1. The van der Waals surface area contributed by atoms with E-state index in [1.807, 2.05) is 49.5 Å². The minimum absolute atomic E-state index is 0.00958. The van der Waals surface area contributed by atoms with E-state index in [4.69, 9.17) is 18.9 Å². The molecule has 1 aromatic carbocycles. The van der Waals surface area contributed by atoms with E-state index in [1.165, 1.54) is 6.20 Å². The van der Waals surface area contributed by atoms with E-state index in [9.17, 15) is 9.59 Å². The molecule has 2 saturated heterocycles. The van der Waals surface area contributed by atoms with Gasteiger partial charge in [-0.3, -0.25) is 9.78 Å². The highest BCUT2D eigenvalue weighted by molar-refractivity contribution is 5.94. The standard InChI is InChI=1S/C37H41FN6O6/c1-44(30-11-10-29-34(41-30)42-31(45)23-48-29)36-15-17-37(18-16-36,50-24-36)14-13-26-27(38)21-40-28-9-12-32(43-33(26)28)47-20-6-5-19-39-35(46)49-22-25-7-3-2-4-8-25/h2-4,7-12,21H,5-6,13-20,22-24H2,1H3,(H,39,46)(H,41,42,45). The molecule has 1 saturated carbocycles. The van der Waals surface area contributed by atoms with Crippen LogP contribution in [-0.2, 0) is 27.3 Å². The lowest BCUT2D eigenvalue weighted by molar-refractivity contribution is -0.156. The van der Waals surface area contributed by atoms with Crippen molar-refractivity contribution in [1.82, 2.24) is 20.3 Å². The molecule has 3 fully saturated rings. The Hall–Kier alpha value is -5.04. The molecule has 6 heterocycles. The van der Waals surface area contributed by atoms with Crippen LogP contribution in [0.25, 0.3) is 11.0 Å². The second-order valence-electron chi connectivity index (χ2n) is 13.3. The zero-order valence-corrected chi connectivity index (χ0v) is 28.1. The normalized spacial score (nSPS) is 20.8. The van der Waals surface area contributed by atoms with Gasteiger partial charge in [-0.05, 0) is 75.1 Å². The Balaban J connectivity index is 0.905. The Kier molecular flexibility index (Phi) is 9.66. The van der Waals surface area contributed by atoms with E-state index in [-0.39, 0.29) is 36.1 Å². The lowest BCUT2D eigenvalue weighted by Crippen LogP contribution is -2.62. The number of carbonyl (C=O) groups is 2. The maximum atomic E-state index is 15.3. The number of unbranched alkanes of at least 4 members (excludes halogenated alkanes) is 1. The number of halogens is 1. The van der Waals surface area contributed by atoms with Crippen LogP contribution < -0.4 is 25.0 Å². The summed E-state index contributed by atoms with van der Waals surface area (Å²) < 4.78 is 38.5. The van der Waals surface area contributed by atoms with Gasteiger partial charge in [-0.25, -0.2) is 19.2 Å². The van der Waals surface area contributed by atoms with Crippen LogP contribution in [0, 0.1) is 5.82 Å². The van der Waals surface area contributed by atoms with Gasteiger partial charge in [0.2, 0.25) is 5.88 Å². The van der Waals surface area contributed by atoms with Crippen molar-refractivity contribution in [2.45, 2.75) is 69.1 Å². The molecular weight excluding hydrogens is 643 g/mol. The SMILES string of the molecule is CN(c1ccc2c(n1)NC(=O)CO2)C12CCC(CCc3c(F)cnc4ccc(OCCCCNC(=O)OCc5ccccc5)nc34)(CC1)OC2. The van der Waals surface area contributed by atoms with Gasteiger partial charge in [0.05, 0.1) is 41.6 Å². The fourth-order valence-corrected chi connectivity index (χ4v) is 7.00. The molecule has 4 aliphatic rings. The van der Waals surface area contributed by atoms with Gasteiger partial charge in [0.1, 0.15) is 18.2 Å². The predicted molar refractivity (Wildman–Crippen MR) is 184 cm³/mol. The Labute approximate surface area is 289 Å². The Bertz CT molecular complexity index is 1830. The first kappa shape index (κ1) is 33.5. The van der Waals surface area contributed by atoms with Crippen LogP contribution in [0.3, 0.4) is 0 Å². The molecule has 1 aliphatic carbocycles. The minimum atomic E-state index is -0.457. The van der Waals surface area contributed by atoms with Gasteiger partial charge in [-0.1, -0.05) is 30.3 Å². The molecule has 3 aromatic heterocycles. The molecule has 0 radical (unpaired) electrons. The number of amides is 2. The summed E-state index contributed by atoms with van der Waals surface area (Å²) in [5.74, 6) is 1.54. The molecule has 0 atom stereocenters. The maximum Gasteiger partial charge on any atom is 0.407 e. The Morgan fingerprint density at radius 3 is 2.70 bits per heavy atom. The van der Waals surface area contributed by atoms with Crippen LogP contribution in [0.2, 0.25) is 0 Å². The molecule has 3 aliphatic heterocycles. The molecular formula is C37H41FN6O6. The van der Waals surface area contributed by atoms with E-state index in [0.29, 0.717) is 79.5 Å². The molecule has 2 bridgehead atoms. The molecule has 13 heteroatoms. The second kappa shape index (κ2) is 14.4. The number of anilines is 2. The second-order valence-corrected chi connectivity index (χ2v) is 13.3. The topological polar surface area (TPSA) is 137 Å². The number of pyridine rings is 3. The van der Waals surface area contributed by atoms with Gasteiger partial charge in [0.25, 0.3) is 5.91 Å². The van der Waals surface area contributed by atoms with Crippen LogP contribution in [-0.4, -0.2) is 71.5 Å². The van der Waals surface area contributed by atoms with Crippen LogP contribution in [0.5, 0.6) is 11.6 Å². The van der Waals surface area contributed by atoms with Gasteiger partial charge in [0, 0.05) is 25.2 Å². The van der Waals surface area contributed by atoms with Crippen molar-refractivity contribution in [2.24, 2.45) is 0 Å². The van der Waals surface area contributed by atoms with Crippen molar-refractivity contribution >= 4 is 34.7 Å². The molecule has 262 valence electrons. The van der Waals surface area contributed by atoms with Gasteiger partial charge < -0.3 is 34.5 Å². The first-order chi connectivity index (χ1) is 24.3. The van der Waals surface area contributed by atoms with E-state index >= 15 is 4.39 Å². The largest absolute Gasteiger partial charge is 0.480 e. The first-order valence-corrected chi connectivity index (χ1v) is 17.1. The number of rotatable bonds is 13. The molecule has 2 amide bonds. The number of ether oxygens (including phenoxy) is 4. The van der Waals surface area contributed by atoms with Crippen molar-refractivity contribution in [3.8, 4) is 11.6 Å². The number of likely N-dealkylation sites (N-methyl/N-ethyl adjacent to an activating group) is 1. The van der Waals surface area contributed by atoms with Crippen LogP contribution in [0.15, 0.2) is 60.8 Å². The van der Waals surface area contributed by atoms with Gasteiger partial charge in [-0.15, -0.1) is 0 Å². The fourth-order valence-electron chi connectivity index (χ4n) is 7.00. The number of nitrogens with one attached hydrogen (secondary N) is 2. The molecule has 50 heavy (non-hydrogen) atoms. The van der Waals surface area contributed by atoms with Gasteiger partial charge in [-0.2, -0.15) is 0 Å². The van der Waals surface area contributed by atoms with E-state index in [2.05, 4.69) is 30.5 Å². The van der Waals surface area contributed by atoms with Crippen molar-refractivity contribution in [1.29, 1.82) is 0 Å². The number of nitrogens with zero attached hydrogens (tertiary/aromatic N) is 4. The maximum absolute atomic E-state index is 15.3. The molecule has 0 unspecified atom stereocenters. The summed E-state index contributed by atoms with van der Waals surface area (Å²) in [6.07, 6.45) is 6.82. The fraction of sp³-hybridized carbons (Fsp3) is 0.432. The number of alkyl carbamates (subject to hydrolysis) is 1.